The van der Waals surface area contributed by atoms with Crippen LogP contribution in [0.1, 0.15) is 40.8 Å². The lowest BCUT2D eigenvalue weighted by atomic mass is 10.1. The molecule has 3 aromatic heterocycles. The predicted molar refractivity (Wildman–Crippen MR) is 123 cm³/mol. The fourth-order valence-corrected chi connectivity index (χ4v) is 3.76. The molecule has 1 amide bonds. The number of carbonyl (C=O) groups is 1. The normalized spacial score (nSPS) is 14.0. The van der Waals surface area contributed by atoms with E-state index in [4.69, 9.17) is 0 Å². The van der Waals surface area contributed by atoms with E-state index in [1.807, 2.05) is 54.1 Å². The molecule has 0 bridgehead atoms. The Bertz CT molecular complexity index is 1240. The fourth-order valence-electron chi connectivity index (χ4n) is 3.76. The molecule has 1 atom stereocenters. The molecule has 1 aliphatic rings. The first-order valence-electron chi connectivity index (χ1n) is 10.9. The van der Waals surface area contributed by atoms with Crippen molar-refractivity contribution in [1.82, 2.24) is 35.0 Å². The van der Waals surface area contributed by atoms with Crippen molar-refractivity contribution < 1.29 is 4.79 Å². The lowest BCUT2D eigenvalue weighted by molar-refractivity contribution is 0.0930. The van der Waals surface area contributed by atoms with Gasteiger partial charge in [-0.05, 0) is 55.2 Å². The van der Waals surface area contributed by atoms with Gasteiger partial charge in [0, 0.05) is 30.7 Å². The number of aromatic nitrogens is 6. The van der Waals surface area contributed by atoms with Crippen molar-refractivity contribution in [3.8, 4) is 11.5 Å². The number of nitrogens with one attached hydrogen (secondary N) is 2. The van der Waals surface area contributed by atoms with Crippen molar-refractivity contribution >= 4 is 11.6 Å². The molecule has 0 saturated heterocycles. The Kier molecular flexibility index (Phi) is 5.75. The lowest BCUT2D eigenvalue weighted by Gasteiger charge is -2.18. The Morgan fingerprint density at radius 3 is 2.76 bits per heavy atom. The molecule has 9 heteroatoms. The standard InChI is InChI=1S/C24H24N8O/c1-32-21(30-31-23(32)20-10-12-25-15-28-20)14-27-18-6-4-5-17(13-18)24(33)29-22(16-8-9-16)19-7-2-3-11-26-19/h2-7,10-13,15-16,22,27H,8-9,14H2,1H3,(H,29,33). The van der Waals surface area contributed by atoms with Gasteiger partial charge in [0.25, 0.3) is 5.91 Å². The Morgan fingerprint density at radius 1 is 1.09 bits per heavy atom. The number of anilines is 1. The van der Waals surface area contributed by atoms with Gasteiger partial charge >= 0.3 is 0 Å². The average Bonchev–Trinajstić information content (AvgIpc) is 3.64. The summed E-state index contributed by atoms with van der Waals surface area (Å²) in [5.74, 6) is 1.77. The van der Waals surface area contributed by atoms with E-state index in [0.29, 0.717) is 29.5 Å². The Hall–Kier alpha value is -4.14. The molecule has 1 aromatic carbocycles. The second-order valence-corrected chi connectivity index (χ2v) is 8.07. The summed E-state index contributed by atoms with van der Waals surface area (Å²) >= 11 is 0. The van der Waals surface area contributed by atoms with Crippen LogP contribution in [0.5, 0.6) is 0 Å². The van der Waals surface area contributed by atoms with Crippen molar-refractivity contribution in [2.45, 2.75) is 25.4 Å². The Balaban J connectivity index is 1.26. The van der Waals surface area contributed by atoms with E-state index in [2.05, 4.69) is 35.8 Å². The van der Waals surface area contributed by atoms with Crippen molar-refractivity contribution in [2.24, 2.45) is 13.0 Å². The molecule has 5 rings (SSSR count). The van der Waals surface area contributed by atoms with Crippen LogP contribution in [-0.4, -0.2) is 35.6 Å². The number of hydrogen-bond donors (Lipinski definition) is 2. The molecule has 0 aliphatic heterocycles. The molecule has 33 heavy (non-hydrogen) atoms. The van der Waals surface area contributed by atoms with E-state index in [9.17, 15) is 4.79 Å². The Labute approximate surface area is 191 Å². The first-order chi connectivity index (χ1) is 16.2. The Morgan fingerprint density at radius 2 is 2.00 bits per heavy atom. The van der Waals surface area contributed by atoms with Gasteiger partial charge in [0.1, 0.15) is 12.0 Å². The molecule has 0 spiro atoms. The zero-order valence-electron chi connectivity index (χ0n) is 18.2. The monoisotopic (exact) mass is 440 g/mol. The summed E-state index contributed by atoms with van der Waals surface area (Å²) in [6.07, 6.45) is 7.15. The minimum atomic E-state index is -0.106. The van der Waals surface area contributed by atoms with Gasteiger partial charge in [-0.3, -0.25) is 9.78 Å². The summed E-state index contributed by atoms with van der Waals surface area (Å²) < 4.78 is 1.89. The highest BCUT2D eigenvalue weighted by atomic mass is 16.1. The topological polar surface area (TPSA) is 111 Å². The average molecular weight is 441 g/mol. The van der Waals surface area contributed by atoms with Gasteiger partial charge in [-0.15, -0.1) is 10.2 Å². The van der Waals surface area contributed by atoms with Crippen LogP contribution >= 0.6 is 0 Å². The molecule has 1 fully saturated rings. The predicted octanol–water partition coefficient (Wildman–Crippen LogP) is 3.16. The van der Waals surface area contributed by atoms with Gasteiger partial charge in [0.2, 0.25) is 0 Å². The molecule has 166 valence electrons. The maximum Gasteiger partial charge on any atom is 0.251 e. The van der Waals surface area contributed by atoms with Gasteiger partial charge in [-0.25, -0.2) is 9.97 Å². The summed E-state index contributed by atoms with van der Waals surface area (Å²) in [6.45, 7) is 0.457. The molecule has 1 unspecified atom stereocenters. The first kappa shape index (κ1) is 20.7. The van der Waals surface area contributed by atoms with Crippen LogP contribution in [0.15, 0.2) is 67.3 Å². The third-order valence-corrected chi connectivity index (χ3v) is 5.74. The van der Waals surface area contributed by atoms with Crippen molar-refractivity contribution in [3.63, 3.8) is 0 Å². The first-order valence-corrected chi connectivity index (χ1v) is 10.9. The molecule has 9 nitrogen and oxygen atoms in total. The van der Waals surface area contributed by atoms with Crippen LogP contribution in [0.4, 0.5) is 5.69 Å². The zero-order chi connectivity index (χ0) is 22.6. The highest BCUT2D eigenvalue weighted by Crippen LogP contribution is 2.40. The lowest BCUT2D eigenvalue weighted by Crippen LogP contribution is -2.30. The minimum Gasteiger partial charge on any atom is -0.378 e. The highest BCUT2D eigenvalue weighted by molar-refractivity contribution is 5.95. The smallest absolute Gasteiger partial charge is 0.251 e. The molecule has 3 heterocycles. The van der Waals surface area contributed by atoms with Crippen LogP contribution in [0, 0.1) is 5.92 Å². The van der Waals surface area contributed by atoms with Crippen molar-refractivity contribution in [2.75, 3.05) is 5.32 Å². The van der Waals surface area contributed by atoms with Gasteiger partial charge in [0.05, 0.1) is 18.3 Å². The molecule has 2 N–H and O–H groups in total. The van der Waals surface area contributed by atoms with E-state index in [0.717, 1.165) is 30.0 Å². The largest absolute Gasteiger partial charge is 0.378 e. The molecule has 4 aromatic rings. The maximum absolute atomic E-state index is 13.0. The number of benzene rings is 1. The summed E-state index contributed by atoms with van der Waals surface area (Å²) in [7, 11) is 1.90. The number of nitrogens with zero attached hydrogens (tertiary/aromatic N) is 6. The van der Waals surface area contributed by atoms with Crippen LogP contribution in [-0.2, 0) is 13.6 Å². The second kappa shape index (κ2) is 9.15. The van der Waals surface area contributed by atoms with E-state index < -0.39 is 0 Å². The fraction of sp³-hybridized carbons (Fsp3) is 0.250. The highest BCUT2D eigenvalue weighted by Gasteiger charge is 2.34. The summed E-state index contributed by atoms with van der Waals surface area (Å²) in [5.41, 5.74) is 3.05. The zero-order valence-corrected chi connectivity index (χ0v) is 18.2. The van der Waals surface area contributed by atoms with Crippen LogP contribution in [0.3, 0.4) is 0 Å². The van der Waals surface area contributed by atoms with E-state index in [-0.39, 0.29) is 11.9 Å². The van der Waals surface area contributed by atoms with Crippen LogP contribution < -0.4 is 10.6 Å². The third kappa shape index (κ3) is 4.72. The summed E-state index contributed by atoms with van der Waals surface area (Å²) in [6, 6.07) is 15.0. The van der Waals surface area contributed by atoms with Gasteiger partial charge in [-0.2, -0.15) is 0 Å². The van der Waals surface area contributed by atoms with Gasteiger partial charge in [0.15, 0.2) is 11.6 Å². The molecule has 1 saturated carbocycles. The van der Waals surface area contributed by atoms with Crippen molar-refractivity contribution in [1.29, 1.82) is 0 Å². The van der Waals surface area contributed by atoms with Gasteiger partial charge < -0.3 is 15.2 Å². The van der Waals surface area contributed by atoms with E-state index in [1.54, 1.807) is 18.5 Å². The van der Waals surface area contributed by atoms with E-state index in [1.165, 1.54) is 6.33 Å². The number of carbonyl (C=O) groups excluding carboxylic acids is 1. The van der Waals surface area contributed by atoms with Crippen LogP contribution in [0.25, 0.3) is 11.5 Å². The molecule has 1 aliphatic carbocycles. The van der Waals surface area contributed by atoms with Gasteiger partial charge in [-0.1, -0.05) is 12.1 Å². The quantitative estimate of drug-likeness (QED) is 0.433. The number of hydrogen-bond acceptors (Lipinski definition) is 7. The SMILES string of the molecule is Cn1c(CNc2cccc(C(=O)NC(c3ccccn3)C3CC3)c2)nnc1-c1ccncn1. The van der Waals surface area contributed by atoms with E-state index >= 15 is 0 Å². The molecular weight excluding hydrogens is 416 g/mol. The molecular formula is C24H24N8O. The minimum absolute atomic E-state index is 0.0609. The number of pyridine rings is 1. The molecule has 0 radical (unpaired) electrons. The third-order valence-electron chi connectivity index (χ3n) is 5.74. The second-order valence-electron chi connectivity index (χ2n) is 8.07. The maximum atomic E-state index is 13.0. The number of rotatable bonds is 8. The summed E-state index contributed by atoms with van der Waals surface area (Å²) in [5, 5.41) is 15.0. The van der Waals surface area contributed by atoms with Crippen LogP contribution in [0.2, 0.25) is 0 Å². The summed E-state index contributed by atoms with van der Waals surface area (Å²) in [4.78, 5) is 25.6. The number of amides is 1. The van der Waals surface area contributed by atoms with Crippen molar-refractivity contribution in [3.05, 3.63) is 84.3 Å².